The van der Waals surface area contributed by atoms with E-state index in [0.29, 0.717) is 31.6 Å². The molecule has 7 heteroatoms. The van der Waals surface area contributed by atoms with E-state index in [2.05, 4.69) is 15.4 Å². The summed E-state index contributed by atoms with van der Waals surface area (Å²) in [6.07, 6.45) is 2.48. The number of carbonyl (C=O) groups excluding carboxylic acids is 1. The largest absolute Gasteiger partial charge is 0.383 e. The van der Waals surface area contributed by atoms with Crippen molar-refractivity contribution in [2.75, 3.05) is 13.1 Å². The summed E-state index contributed by atoms with van der Waals surface area (Å²) in [7, 11) is 0. The van der Waals surface area contributed by atoms with Gasteiger partial charge in [-0.25, -0.2) is 0 Å². The number of carbonyl (C=O) groups is 1. The van der Waals surface area contributed by atoms with E-state index in [0.717, 1.165) is 15.0 Å². The zero-order chi connectivity index (χ0) is 15.9. The highest BCUT2D eigenvalue weighted by molar-refractivity contribution is 7.20. The van der Waals surface area contributed by atoms with Crippen molar-refractivity contribution < 1.29 is 9.90 Å². The Balaban J connectivity index is 1.50. The molecule has 3 heterocycles. The van der Waals surface area contributed by atoms with Crippen LogP contribution in [0, 0.1) is 0 Å². The minimum atomic E-state index is -0.996. The van der Waals surface area contributed by atoms with Crippen LogP contribution in [0.4, 0.5) is 0 Å². The van der Waals surface area contributed by atoms with Crippen molar-refractivity contribution in [2.24, 2.45) is 0 Å². The second-order valence-electron chi connectivity index (χ2n) is 5.83. The third kappa shape index (κ3) is 2.51. The minimum Gasteiger partial charge on any atom is -0.383 e. The Hall–Kier alpha value is -2.25. The van der Waals surface area contributed by atoms with Gasteiger partial charge in [0, 0.05) is 17.8 Å². The molecule has 1 saturated heterocycles. The predicted octanol–water partition coefficient (Wildman–Crippen LogP) is 2.14. The minimum absolute atomic E-state index is 0.0356. The Labute approximate surface area is 136 Å². The van der Waals surface area contributed by atoms with Crippen LogP contribution in [0.3, 0.4) is 0 Å². The fourth-order valence-corrected chi connectivity index (χ4v) is 4.04. The van der Waals surface area contributed by atoms with E-state index in [4.69, 9.17) is 0 Å². The summed E-state index contributed by atoms with van der Waals surface area (Å²) in [6.45, 7) is 1.02. The number of aromatic nitrogens is 3. The Morgan fingerprint density at radius 1 is 1.30 bits per heavy atom. The molecule has 0 atom stereocenters. The average molecular weight is 328 g/mol. The lowest BCUT2D eigenvalue weighted by Crippen LogP contribution is -2.45. The van der Waals surface area contributed by atoms with Crippen LogP contribution in [-0.2, 0) is 5.60 Å². The molecule has 2 N–H and O–H groups in total. The van der Waals surface area contributed by atoms with Gasteiger partial charge in [0.1, 0.15) is 11.3 Å². The Kier molecular flexibility index (Phi) is 3.39. The quantitative estimate of drug-likeness (QED) is 0.755. The van der Waals surface area contributed by atoms with Gasteiger partial charge in [0.2, 0.25) is 0 Å². The first-order chi connectivity index (χ1) is 11.2. The number of piperidine rings is 1. The van der Waals surface area contributed by atoms with Crippen LogP contribution in [0.1, 0.15) is 28.2 Å². The number of hydrogen-bond donors (Lipinski definition) is 2. The molecular formula is C16H16N4O2S. The summed E-state index contributed by atoms with van der Waals surface area (Å²) < 4.78 is 1.12. The molecule has 6 nitrogen and oxygen atoms in total. The molecule has 3 aromatic rings. The second kappa shape index (κ2) is 5.43. The smallest absolute Gasteiger partial charge is 0.263 e. The van der Waals surface area contributed by atoms with Gasteiger partial charge in [-0.15, -0.1) is 11.3 Å². The van der Waals surface area contributed by atoms with Gasteiger partial charge in [-0.2, -0.15) is 15.4 Å². The molecular weight excluding hydrogens is 312 g/mol. The number of amides is 1. The normalized spacial score (nSPS) is 17.5. The van der Waals surface area contributed by atoms with Gasteiger partial charge in [-0.05, 0) is 30.4 Å². The van der Waals surface area contributed by atoms with Gasteiger partial charge in [-0.3, -0.25) is 4.79 Å². The topological polar surface area (TPSA) is 82.1 Å². The molecule has 1 amide bonds. The number of rotatable bonds is 2. The zero-order valence-electron chi connectivity index (χ0n) is 12.4. The number of fused-ring (bicyclic) bond motifs is 1. The van der Waals surface area contributed by atoms with Crippen LogP contribution < -0.4 is 0 Å². The highest BCUT2D eigenvalue weighted by atomic mass is 32.1. The lowest BCUT2D eigenvalue weighted by Gasteiger charge is -2.36. The molecule has 0 unspecified atom stereocenters. The molecule has 0 saturated carbocycles. The fourth-order valence-electron chi connectivity index (χ4n) is 3.00. The molecule has 0 bridgehead atoms. The van der Waals surface area contributed by atoms with Crippen molar-refractivity contribution in [3.8, 4) is 0 Å². The van der Waals surface area contributed by atoms with Gasteiger partial charge < -0.3 is 10.0 Å². The molecule has 1 fully saturated rings. The van der Waals surface area contributed by atoms with E-state index >= 15 is 0 Å². The maximum atomic E-state index is 12.7. The number of aromatic amines is 1. The van der Waals surface area contributed by atoms with Crippen molar-refractivity contribution in [1.82, 2.24) is 20.3 Å². The van der Waals surface area contributed by atoms with Crippen molar-refractivity contribution >= 4 is 27.3 Å². The molecule has 1 aromatic carbocycles. The molecule has 1 aliphatic heterocycles. The van der Waals surface area contributed by atoms with Crippen molar-refractivity contribution in [3.05, 3.63) is 47.1 Å². The maximum absolute atomic E-state index is 12.7. The summed E-state index contributed by atoms with van der Waals surface area (Å²) in [4.78, 5) is 15.2. The fraction of sp³-hybridized carbons (Fsp3) is 0.312. The Morgan fingerprint density at radius 3 is 2.78 bits per heavy atom. The maximum Gasteiger partial charge on any atom is 0.263 e. The predicted molar refractivity (Wildman–Crippen MR) is 87.2 cm³/mol. The van der Waals surface area contributed by atoms with Crippen LogP contribution >= 0.6 is 11.3 Å². The lowest BCUT2D eigenvalue weighted by molar-refractivity contribution is -0.0243. The number of likely N-dealkylation sites (tertiary alicyclic amines) is 1. The van der Waals surface area contributed by atoms with E-state index in [-0.39, 0.29) is 5.91 Å². The number of nitrogens with one attached hydrogen (secondary N) is 1. The van der Waals surface area contributed by atoms with Crippen LogP contribution in [0.5, 0.6) is 0 Å². The van der Waals surface area contributed by atoms with Crippen molar-refractivity contribution in [2.45, 2.75) is 18.4 Å². The first-order valence-electron chi connectivity index (χ1n) is 7.52. The van der Waals surface area contributed by atoms with E-state index in [1.54, 1.807) is 11.1 Å². The highest BCUT2D eigenvalue weighted by Crippen LogP contribution is 2.33. The van der Waals surface area contributed by atoms with Crippen LogP contribution in [0.2, 0.25) is 0 Å². The van der Waals surface area contributed by atoms with Crippen molar-refractivity contribution in [3.63, 3.8) is 0 Å². The molecule has 4 rings (SSSR count). The number of benzene rings is 1. The first-order valence-corrected chi connectivity index (χ1v) is 8.34. The second-order valence-corrected chi connectivity index (χ2v) is 6.91. The molecule has 0 spiro atoms. The summed E-state index contributed by atoms with van der Waals surface area (Å²) in [5.41, 5.74) is -0.448. The molecule has 1 aliphatic rings. The van der Waals surface area contributed by atoms with E-state index in [9.17, 15) is 9.90 Å². The summed E-state index contributed by atoms with van der Waals surface area (Å²) in [5.74, 6) is 0.0356. The summed E-state index contributed by atoms with van der Waals surface area (Å²) >= 11 is 1.52. The first kappa shape index (κ1) is 14.3. The molecule has 118 valence electrons. The van der Waals surface area contributed by atoms with Crippen LogP contribution in [-0.4, -0.2) is 44.4 Å². The van der Waals surface area contributed by atoms with Gasteiger partial charge in [-0.1, -0.05) is 18.2 Å². The Bertz CT molecular complexity index is 802. The molecule has 0 aliphatic carbocycles. The lowest BCUT2D eigenvalue weighted by atomic mass is 9.88. The van der Waals surface area contributed by atoms with Gasteiger partial charge in [0.15, 0.2) is 0 Å². The number of H-pyrrole nitrogens is 1. The Morgan fingerprint density at radius 2 is 2.09 bits per heavy atom. The third-order valence-electron chi connectivity index (χ3n) is 4.41. The SMILES string of the molecule is O=C(c1cc2ccccc2s1)N1CCC(O)(c2cn[nH]n2)CC1. The summed E-state index contributed by atoms with van der Waals surface area (Å²) in [6, 6.07) is 9.94. The van der Waals surface area contributed by atoms with Gasteiger partial charge in [0.25, 0.3) is 5.91 Å². The zero-order valence-corrected chi connectivity index (χ0v) is 13.2. The third-order valence-corrected chi connectivity index (χ3v) is 5.51. The number of nitrogens with zero attached hydrogens (tertiary/aromatic N) is 3. The number of hydrogen-bond acceptors (Lipinski definition) is 5. The van der Waals surface area contributed by atoms with Gasteiger partial charge >= 0.3 is 0 Å². The molecule has 0 radical (unpaired) electrons. The van der Waals surface area contributed by atoms with Crippen LogP contribution in [0.15, 0.2) is 36.5 Å². The van der Waals surface area contributed by atoms with E-state index < -0.39 is 5.60 Å². The van der Waals surface area contributed by atoms with E-state index in [1.807, 2.05) is 30.3 Å². The molecule has 23 heavy (non-hydrogen) atoms. The molecule has 2 aromatic heterocycles. The highest BCUT2D eigenvalue weighted by Gasteiger charge is 2.37. The number of aliphatic hydroxyl groups is 1. The average Bonchev–Trinajstić information content (AvgIpc) is 3.24. The number of thiophene rings is 1. The van der Waals surface area contributed by atoms with Crippen LogP contribution in [0.25, 0.3) is 10.1 Å². The standard InChI is InChI=1S/C16H16N4O2S/c21-15(13-9-11-3-1-2-4-12(11)23-13)20-7-5-16(22,6-8-20)14-10-17-19-18-14/h1-4,9-10,22H,5-8H2,(H,17,18,19). The van der Waals surface area contributed by atoms with E-state index in [1.165, 1.54) is 11.3 Å². The summed E-state index contributed by atoms with van der Waals surface area (Å²) in [5, 5.41) is 22.0. The van der Waals surface area contributed by atoms with Gasteiger partial charge in [0.05, 0.1) is 11.1 Å². The monoisotopic (exact) mass is 328 g/mol. The van der Waals surface area contributed by atoms with Crippen molar-refractivity contribution in [1.29, 1.82) is 0 Å².